The molecule has 0 bridgehead atoms. The molecule has 0 aromatic heterocycles. The van der Waals surface area contributed by atoms with Gasteiger partial charge in [0.1, 0.15) is 0 Å². The number of hydrogen-bond acceptors (Lipinski definition) is 2. The second kappa shape index (κ2) is 12.2. The molecule has 1 radical (unpaired) electrons. The second-order valence-corrected chi connectivity index (χ2v) is 7.52. The fourth-order valence-electron chi connectivity index (χ4n) is 1.98. The van der Waals surface area contributed by atoms with Gasteiger partial charge in [-0.25, -0.2) is 0 Å². The summed E-state index contributed by atoms with van der Waals surface area (Å²) in [5, 5.41) is 0.816. The molecule has 0 saturated carbocycles. The lowest BCUT2D eigenvalue weighted by Gasteiger charge is -2.15. The summed E-state index contributed by atoms with van der Waals surface area (Å²) < 4.78 is 11.9. The number of rotatable bonds is 12. The van der Waals surface area contributed by atoms with Gasteiger partial charge in [0.05, 0.1) is 0 Å². The molecule has 0 aliphatic carbocycles. The lowest BCUT2D eigenvalue weighted by atomic mass is 10.1. The van der Waals surface area contributed by atoms with Crippen molar-refractivity contribution in [2.24, 2.45) is 0 Å². The zero-order valence-electron chi connectivity index (χ0n) is 13.4. The first-order chi connectivity index (χ1) is 10.3. The van der Waals surface area contributed by atoms with E-state index >= 15 is 0 Å². The predicted octanol–water partition coefficient (Wildman–Crippen LogP) is 5.39. The second-order valence-electron chi connectivity index (χ2n) is 5.26. The summed E-state index contributed by atoms with van der Waals surface area (Å²) in [4.78, 5) is 0. The quantitative estimate of drug-likeness (QED) is 0.378. The van der Waals surface area contributed by atoms with Gasteiger partial charge in [0.15, 0.2) is 0 Å². The van der Waals surface area contributed by atoms with Crippen LogP contribution < -0.4 is 0 Å². The zero-order valence-corrected chi connectivity index (χ0v) is 15.1. The Bertz CT molecular complexity index is 364. The maximum atomic E-state index is 6.01. The summed E-state index contributed by atoms with van der Waals surface area (Å²) in [6, 6.07) is 9.16. The first-order valence-electron chi connectivity index (χ1n) is 8.12. The van der Waals surface area contributed by atoms with Crippen LogP contribution >= 0.6 is 11.6 Å². The molecular weight excluding hydrogens is 300 g/mol. The van der Waals surface area contributed by atoms with E-state index < -0.39 is 9.28 Å². The molecule has 0 spiro atoms. The Labute approximate surface area is 136 Å². The zero-order chi connectivity index (χ0) is 15.3. The van der Waals surface area contributed by atoms with Crippen LogP contribution in [0.5, 0.6) is 0 Å². The Morgan fingerprint density at radius 2 is 1.67 bits per heavy atom. The van der Waals surface area contributed by atoms with Gasteiger partial charge in [-0.2, -0.15) is 0 Å². The Morgan fingerprint density at radius 3 is 2.24 bits per heavy atom. The minimum absolute atomic E-state index is 0.816. The molecule has 4 heteroatoms. The fraction of sp³-hybridized carbons (Fsp3) is 0.647. The molecule has 0 N–H and O–H groups in total. The van der Waals surface area contributed by atoms with Gasteiger partial charge in [0, 0.05) is 18.2 Å². The van der Waals surface area contributed by atoms with Crippen molar-refractivity contribution in [1.29, 1.82) is 0 Å². The Balaban J connectivity index is 2.29. The highest BCUT2D eigenvalue weighted by atomic mass is 35.5. The van der Waals surface area contributed by atoms with E-state index in [1.807, 2.05) is 18.2 Å². The molecule has 0 aliphatic rings. The molecule has 0 unspecified atom stereocenters. The Kier molecular flexibility index (Phi) is 10.9. The van der Waals surface area contributed by atoms with Crippen molar-refractivity contribution in [3.05, 3.63) is 34.9 Å². The highest BCUT2D eigenvalue weighted by Crippen LogP contribution is 2.14. The van der Waals surface area contributed by atoms with Gasteiger partial charge in [-0.1, -0.05) is 50.4 Å². The molecule has 0 atom stereocenters. The molecule has 1 aromatic carbocycles. The van der Waals surface area contributed by atoms with E-state index in [1.165, 1.54) is 18.4 Å². The van der Waals surface area contributed by atoms with Crippen LogP contribution in [0.25, 0.3) is 0 Å². The van der Waals surface area contributed by atoms with Crippen LogP contribution in [0.3, 0.4) is 0 Å². The summed E-state index contributed by atoms with van der Waals surface area (Å²) in [5.41, 5.74) is 1.30. The van der Waals surface area contributed by atoms with Crippen LogP contribution in [0.4, 0.5) is 0 Å². The average molecular weight is 328 g/mol. The van der Waals surface area contributed by atoms with Crippen LogP contribution in [0.2, 0.25) is 11.1 Å². The molecule has 0 fully saturated rings. The molecule has 1 rings (SSSR count). The summed E-state index contributed by atoms with van der Waals surface area (Å²) in [6.07, 6.45) is 6.74. The van der Waals surface area contributed by atoms with Gasteiger partial charge < -0.3 is 8.85 Å². The van der Waals surface area contributed by atoms with E-state index in [-0.39, 0.29) is 0 Å². The number of hydrogen-bond donors (Lipinski definition) is 0. The normalized spacial score (nSPS) is 11.2. The fourth-order valence-corrected chi connectivity index (χ4v) is 3.77. The summed E-state index contributed by atoms with van der Waals surface area (Å²) in [6.45, 7) is 6.06. The molecular formula is C17H28ClO2Si. The van der Waals surface area contributed by atoms with Crippen LogP contribution in [-0.2, 0) is 15.3 Å². The smallest absolute Gasteiger partial charge is 0.384 e. The van der Waals surface area contributed by atoms with Crippen molar-refractivity contribution in [2.75, 3.05) is 13.2 Å². The van der Waals surface area contributed by atoms with Crippen LogP contribution in [0.1, 0.15) is 51.5 Å². The summed E-state index contributed by atoms with van der Waals surface area (Å²) >= 11 is 6.01. The maximum absolute atomic E-state index is 6.01. The SMILES string of the molecule is CCCCO[Si](CCCc1cccc(Cl)c1)OCCCC. The van der Waals surface area contributed by atoms with Crippen molar-refractivity contribution in [3.8, 4) is 0 Å². The molecule has 0 heterocycles. The van der Waals surface area contributed by atoms with Gasteiger partial charge in [-0.3, -0.25) is 0 Å². The Morgan fingerprint density at radius 1 is 1.00 bits per heavy atom. The van der Waals surface area contributed by atoms with Gasteiger partial charge in [-0.05, 0) is 49.4 Å². The van der Waals surface area contributed by atoms with Crippen molar-refractivity contribution < 1.29 is 8.85 Å². The van der Waals surface area contributed by atoms with Gasteiger partial charge in [0.2, 0.25) is 0 Å². The van der Waals surface area contributed by atoms with E-state index in [9.17, 15) is 0 Å². The third kappa shape index (κ3) is 9.30. The third-order valence-electron chi connectivity index (χ3n) is 3.26. The van der Waals surface area contributed by atoms with E-state index in [0.29, 0.717) is 0 Å². The number of halogens is 1. The molecule has 0 amide bonds. The van der Waals surface area contributed by atoms with E-state index in [2.05, 4.69) is 19.9 Å². The molecule has 1 aromatic rings. The van der Waals surface area contributed by atoms with Crippen molar-refractivity contribution >= 4 is 20.9 Å². The molecule has 0 saturated heterocycles. The molecule has 0 aliphatic heterocycles. The monoisotopic (exact) mass is 327 g/mol. The highest BCUT2D eigenvalue weighted by Gasteiger charge is 2.15. The maximum Gasteiger partial charge on any atom is 0.384 e. The lowest BCUT2D eigenvalue weighted by Crippen LogP contribution is -2.24. The molecule has 119 valence electrons. The highest BCUT2D eigenvalue weighted by molar-refractivity contribution is 6.44. The van der Waals surface area contributed by atoms with Crippen molar-refractivity contribution in [1.82, 2.24) is 0 Å². The van der Waals surface area contributed by atoms with Crippen molar-refractivity contribution in [2.45, 2.75) is 58.4 Å². The summed E-state index contributed by atoms with van der Waals surface area (Å²) in [7, 11) is -1.10. The molecule has 21 heavy (non-hydrogen) atoms. The number of benzene rings is 1. The number of aryl methyl sites for hydroxylation is 1. The Hall–Kier alpha value is -0.353. The lowest BCUT2D eigenvalue weighted by molar-refractivity contribution is 0.191. The summed E-state index contributed by atoms with van der Waals surface area (Å²) in [5.74, 6) is 0. The van der Waals surface area contributed by atoms with E-state index in [1.54, 1.807) is 0 Å². The van der Waals surface area contributed by atoms with Crippen LogP contribution in [0, 0.1) is 0 Å². The topological polar surface area (TPSA) is 18.5 Å². The largest absolute Gasteiger partial charge is 0.393 e. The average Bonchev–Trinajstić information content (AvgIpc) is 2.47. The predicted molar refractivity (Wildman–Crippen MR) is 92.1 cm³/mol. The van der Waals surface area contributed by atoms with Gasteiger partial charge in [-0.15, -0.1) is 0 Å². The first kappa shape index (κ1) is 18.7. The molecule has 2 nitrogen and oxygen atoms in total. The van der Waals surface area contributed by atoms with Crippen LogP contribution in [-0.4, -0.2) is 22.5 Å². The first-order valence-corrected chi connectivity index (χ1v) is 10.0. The van der Waals surface area contributed by atoms with Gasteiger partial charge in [0.25, 0.3) is 0 Å². The third-order valence-corrected chi connectivity index (χ3v) is 5.31. The number of unbranched alkanes of at least 4 members (excludes halogenated alkanes) is 2. The van der Waals surface area contributed by atoms with E-state index in [4.69, 9.17) is 20.5 Å². The van der Waals surface area contributed by atoms with Gasteiger partial charge >= 0.3 is 9.28 Å². The minimum Gasteiger partial charge on any atom is -0.393 e. The minimum atomic E-state index is -1.10. The van der Waals surface area contributed by atoms with Crippen LogP contribution in [0.15, 0.2) is 24.3 Å². The van der Waals surface area contributed by atoms with Crippen molar-refractivity contribution in [3.63, 3.8) is 0 Å². The van der Waals surface area contributed by atoms with E-state index in [0.717, 1.165) is 50.0 Å². The standard InChI is InChI=1S/C17H28ClO2Si/c1-3-5-12-19-21(20-13-6-4-2)14-8-10-16-9-7-11-17(18)15-16/h7,9,11,15H,3-6,8,10,12-14H2,1-2H3.